The predicted molar refractivity (Wildman–Crippen MR) is 43.0 cm³/mol. The average Bonchev–Trinajstić information content (AvgIpc) is 2.73. The maximum Gasteiger partial charge on any atom is 0.0599 e. The highest BCUT2D eigenvalue weighted by Crippen LogP contribution is 2.36. The quantitative estimate of drug-likeness (QED) is 0.573. The monoisotopic (exact) mass is 142 g/mol. The highest BCUT2D eigenvalue weighted by molar-refractivity contribution is 4.81. The van der Waals surface area contributed by atoms with Crippen LogP contribution in [0.25, 0.3) is 0 Å². The van der Waals surface area contributed by atoms with Crippen LogP contribution < -0.4 is 0 Å². The molecule has 0 N–H and O–H groups in total. The lowest BCUT2D eigenvalue weighted by Crippen LogP contribution is -2.12. The standard InChI is InChI=1S/C9H18O/c1-3-4-5-9(10-2)8-6-7-8/h8-9H,3-7H2,1-2H3. The van der Waals surface area contributed by atoms with Gasteiger partial charge in [0.15, 0.2) is 0 Å². The van der Waals surface area contributed by atoms with Crippen molar-refractivity contribution in [2.45, 2.75) is 45.1 Å². The van der Waals surface area contributed by atoms with E-state index in [0.717, 1.165) is 5.92 Å². The van der Waals surface area contributed by atoms with Crippen LogP contribution >= 0.6 is 0 Å². The van der Waals surface area contributed by atoms with Gasteiger partial charge in [-0.3, -0.25) is 0 Å². The molecule has 0 saturated heterocycles. The minimum absolute atomic E-state index is 0.583. The first kappa shape index (κ1) is 8.06. The van der Waals surface area contributed by atoms with Crippen molar-refractivity contribution in [3.05, 3.63) is 0 Å². The Bertz CT molecular complexity index is 86.7. The average molecular weight is 142 g/mol. The summed E-state index contributed by atoms with van der Waals surface area (Å²) in [6.07, 6.45) is 7.30. The Kier molecular flexibility index (Phi) is 3.20. The molecule has 1 aliphatic carbocycles. The van der Waals surface area contributed by atoms with Crippen LogP contribution in [0, 0.1) is 5.92 Å². The molecule has 1 rings (SSSR count). The second-order valence-corrected chi connectivity index (χ2v) is 3.25. The van der Waals surface area contributed by atoms with Gasteiger partial charge in [0.2, 0.25) is 0 Å². The van der Waals surface area contributed by atoms with Crippen LogP contribution in [0.1, 0.15) is 39.0 Å². The van der Waals surface area contributed by atoms with Crippen LogP contribution in [0.5, 0.6) is 0 Å². The van der Waals surface area contributed by atoms with Gasteiger partial charge in [-0.2, -0.15) is 0 Å². The molecule has 0 radical (unpaired) electrons. The summed E-state index contributed by atoms with van der Waals surface area (Å²) in [5.74, 6) is 0.913. The van der Waals surface area contributed by atoms with Crippen molar-refractivity contribution in [2.75, 3.05) is 7.11 Å². The number of methoxy groups -OCH3 is 1. The van der Waals surface area contributed by atoms with Crippen LogP contribution in [0.4, 0.5) is 0 Å². The van der Waals surface area contributed by atoms with Gasteiger partial charge in [-0.25, -0.2) is 0 Å². The molecule has 1 atom stereocenters. The van der Waals surface area contributed by atoms with Crippen molar-refractivity contribution < 1.29 is 4.74 Å². The normalized spacial score (nSPS) is 21.0. The molecule has 0 aromatic heterocycles. The molecule has 0 aliphatic heterocycles. The highest BCUT2D eigenvalue weighted by atomic mass is 16.5. The molecule has 0 bridgehead atoms. The fourth-order valence-corrected chi connectivity index (χ4v) is 1.42. The molecule has 10 heavy (non-hydrogen) atoms. The Morgan fingerprint density at radius 2 is 2.20 bits per heavy atom. The zero-order chi connectivity index (χ0) is 7.40. The Morgan fingerprint density at radius 1 is 1.50 bits per heavy atom. The molecule has 1 nitrogen and oxygen atoms in total. The van der Waals surface area contributed by atoms with Gasteiger partial charge >= 0.3 is 0 Å². The van der Waals surface area contributed by atoms with E-state index < -0.39 is 0 Å². The van der Waals surface area contributed by atoms with E-state index in [0.29, 0.717) is 6.10 Å². The molecule has 60 valence electrons. The zero-order valence-electron chi connectivity index (χ0n) is 7.10. The minimum atomic E-state index is 0.583. The fourth-order valence-electron chi connectivity index (χ4n) is 1.42. The second kappa shape index (κ2) is 3.97. The van der Waals surface area contributed by atoms with Crippen LogP contribution in [0.15, 0.2) is 0 Å². The van der Waals surface area contributed by atoms with E-state index in [1.807, 2.05) is 7.11 Å². The van der Waals surface area contributed by atoms with Crippen molar-refractivity contribution in [3.8, 4) is 0 Å². The van der Waals surface area contributed by atoms with Crippen molar-refractivity contribution in [1.82, 2.24) is 0 Å². The van der Waals surface area contributed by atoms with Gasteiger partial charge in [0, 0.05) is 7.11 Å². The topological polar surface area (TPSA) is 9.23 Å². The van der Waals surface area contributed by atoms with Gasteiger partial charge in [-0.1, -0.05) is 19.8 Å². The van der Waals surface area contributed by atoms with Crippen LogP contribution in [-0.4, -0.2) is 13.2 Å². The number of rotatable bonds is 5. The lowest BCUT2D eigenvalue weighted by molar-refractivity contribution is 0.0754. The number of ether oxygens (including phenoxy) is 1. The molecule has 1 aliphatic rings. The molecule has 0 spiro atoms. The third-order valence-corrected chi connectivity index (χ3v) is 2.29. The Balaban J connectivity index is 2.07. The lowest BCUT2D eigenvalue weighted by Gasteiger charge is -2.12. The lowest BCUT2D eigenvalue weighted by atomic mass is 10.1. The summed E-state index contributed by atoms with van der Waals surface area (Å²) in [6, 6.07) is 0. The van der Waals surface area contributed by atoms with Crippen molar-refractivity contribution >= 4 is 0 Å². The number of hydrogen-bond acceptors (Lipinski definition) is 1. The Labute approximate surface area is 63.8 Å². The summed E-state index contributed by atoms with van der Waals surface area (Å²) < 4.78 is 5.38. The first-order valence-electron chi connectivity index (χ1n) is 4.41. The molecule has 0 aromatic rings. The van der Waals surface area contributed by atoms with Crippen molar-refractivity contribution in [3.63, 3.8) is 0 Å². The third-order valence-electron chi connectivity index (χ3n) is 2.29. The molecule has 1 fully saturated rings. The van der Waals surface area contributed by atoms with E-state index in [2.05, 4.69) is 6.92 Å². The maximum absolute atomic E-state index is 5.38. The van der Waals surface area contributed by atoms with E-state index in [9.17, 15) is 0 Å². The molecule has 1 heteroatoms. The van der Waals surface area contributed by atoms with Gasteiger partial charge in [-0.05, 0) is 25.2 Å². The molecule has 0 aromatic carbocycles. The van der Waals surface area contributed by atoms with Crippen LogP contribution in [0.3, 0.4) is 0 Å². The van der Waals surface area contributed by atoms with E-state index in [1.54, 1.807) is 0 Å². The summed E-state index contributed by atoms with van der Waals surface area (Å²) in [4.78, 5) is 0. The SMILES string of the molecule is CCCCC(OC)C1CC1. The number of hydrogen-bond donors (Lipinski definition) is 0. The number of unbranched alkanes of at least 4 members (excludes halogenated alkanes) is 1. The van der Waals surface area contributed by atoms with E-state index >= 15 is 0 Å². The van der Waals surface area contributed by atoms with Gasteiger partial charge in [0.05, 0.1) is 6.10 Å². The molecular formula is C9H18O. The van der Waals surface area contributed by atoms with Gasteiger partial charge < -0.3 is 4.74 Å². The van der Waals surface area contributed by atoms with Gasteiger partial charge in [-0.15, -0.1) is 0 Å². The van der Waals surface area contributed by atoms with E-state index in [-0.39, 0.29) is 0 Å². The second-order valence-electron chi connectivity index (χ2n) is 3.25. The largest absolute Gasteiger partial charge is 0.381 e. The summed E-state index contributed by atoms with van der Waals surface area (Å²) >= 11 is 0. The predicted octanol–water partition coefficient (Wildman–Crippen LogP) is 2.60. The maximum atomic E-state index is 5.38. The van der Waals surface area contributed by atoms with Crippen LogP contribution in [-0.2, 0) is 4.74 Å². The Morgan fingerprint density at radius 3 is 2.60 bits per heavy atom. The van der Waals surface area contributed by atoms with Crippen molar-refractivity contribution in [1.29, 1.82) is 0 Å². The summed E-state index contributed by atoms with van der Waals surface area (Å²) in [5, 5.41) is 0. The third kappa shape index (κ3) is 2.30. The van der Waals surface area contributed by atoms with Crippen molar-refractivity contribution in [2.24, 2.45) is 5.92 Å². The van der Waals surface area contributed by atoms with Crippen LogP contribution in [0.2, 0.25) is 0 Å². The molecule has 0 amide bonds. The smallest absolute Gasteiger partial charge is 0.0599 e. The summed E-state index contributed by atoms with van der Waals surface area (Å²) in [5.41, 5.74) is 0. The summed E-state index contributed by atoms with van der Waals surface area (Å²) in [6.45, 7) is 2.24. The Hall–Kier alpha value is -0.0400. The first-order valence-corrected chi connectivity index (χ1v) is 4.41. The van der Waals surface area contributed by atoms with E-state index in [4.69, 9.17) is 4.74 Å². The highest BCUT2D eigenvalue weighted by Gasteiger charge is 2.30. The van der Waals surface area contributed by atoms with Gasteiger partial charge in [0.25, 0.3) is 0 Å². The molecule has 1 unspecified atom stereocenters. The minimum Gasteiger partial charge on any atom is -0.381 e. The fraction of sp³-hybridized carbons (Fsp3) is 1.00. The first-order chi connectivity index (χ1) is 4.88. The van der Waals surface area contributed by atoms with E-state index in [1.165, 1.54) is 32.1 Å². The van der Waals surface area contributed by atoms with Gasteiger partial charge in [0.1, 0.15) is 0 Å². The molecular weight excluding hydrogens is 124 g/mol. The molecule has 0 heterocycles. The summed E-state index contributed by atoms with van der Waals surface area (Å²) in [7, 11) is 1.85. The zero-order valence-corrected chi connectivity index (χ0v) is 7.10. The molecule has 1 saturated carbocycles.